The second-order valence-corrected chi connectivity index (χ2v) is 8.99. The van der Waals surface area contributed by atoms with Crippen LogP contribution in [-0.4, -0.2) is 36.9 Å². The zero-order valence-corrected chi connectivity index (χ0v) is 20.4. The normalized spacial score (nSPS) is 12.8. The van der Waals surface area contributed by atoms with Crippen molar-refractivity contribution in [2.24, 2.45) is 0 Å². The molecule has 0 heterocycles. The van der Waals surface area contributed by atoms with Gasteiger partial charge < -0.3 is 19.9 Å². The van der Waals surface area contributed by atoms with Crippen LogP contribution in [0, 0.1) is 0 Å². The molecule has 0 aliphatic heterocycles. The Balaban J connectivity index is 1.22. The molecule has 4 aromatic rings. The van der Waals surface area contributed by atoms with E-state index in [4.69, 9.17) is 9.47 Å². The van der Waals surface area contributed by atoms with E-state index >= 15 is 0 Å². The fourth-order valence-corrected chi connectivity index (χ4v) is 4.83. The van der Waals surface area contributed by atoms with E-state index in [9.17, 15) is 14.7 Å². The summed E-state index contributed by atoms with van der Waals surface area (Å²) in [5, 5.41) is 12.2. The first-order valence-electron chi connectivity index (χ1n) is 12.1. The molecular weight excluding hydrogens is 466 g/mol. The lowest BCUT2D eigenvalue weighted by Gasteiger charge is -2.17. The van der Waals surface area contributed by atoms with Gasteiger partial charge in [-0.25, -0.2) is 9.59 Å². The van der Waals surface area contributed by atoms with Crippen molar-refractivity contribution in [3.05, 3.63) is 114 Å². The summed E-state index contributed by atoms with van der Waals surface area (Å²) in [6.45, 7) is 0.128. The molecule has 4 aromatic carbocycles. The van der Waals surface area contributed by atoms with Gasteiger partial charge in [-0.2, -0.15) is 0 Å². The zero-order valence-electron chi connectivity index (χ0n) is 20.4. The number of aliphatic carboxylic acids is 1. The predicted molar refractivity (Wildman–Crippen MR) is 142 cm³/mol. The van der Waals surface area contributed by atoms with Gasteiger partial charge in [-0.3, -0.25) is 0 Å². The first-order chi connectivity index (χ1) is 18.0. The van der Waals surface area contributed by atoms with Crippen LogP contribution in [0.2, 0.25) is 0 Å². The summed E-state index contributed by atoms with van der Waals surface area (Å²) in [6, 6.07) is 30.3. The highest BCUT2D eigenvalue weighted by Crippen LogP contribution is 2.44. The average molecular weight is 494 g/mol. The van der Waals surface area contributed by atoms with Crippen molar-refractivity contribution in [1.82, 2.24) is 5.32 Å². The maximum atomic E-state index is 12.6. The number of methoxy groups -OCH3 is 1. The van der Waals surface area contributed by atoms with E-state index < -0.39 is 18.1 Å². The Bertz CT molecular complexity index is 1370. The SMILES string of the molecule is COc1ccc(-c2ccc(C[C@H](NC(=O)OCC3c4ccccc4-c4ccccc43)C(=O)O)cc2)cc1. The van der Waals surface area contributed by atoms with Crippen molar-refractivity contribution >= 4 is 12.1 Å². The molecule has 0 aromatic heterocycles. The third-order valence-electron chi connectivity index (χ3n) is 6.75. The molecule has 1 aliphatic carbocycles. The van der Waals surface area contributed by atoms with Crippen molar-refractivity contribution in [2.75, 3.05) is 13.7 Å². The van der Waals surface area contributed by atoms with Crippen LogP contribution >= 0.6 is 0 Å². The third kappa shape index (κ3) is 5.19. The van der Waals surface area contributed by atoms with Gasteiger partial charge in [0.05, 0.1) is 7.11 Å². The molecule has 0 spiro atoms. The van der Waals surface area contributed by atoms with Gasteiger partial charge in [0.2, 0.25) is 0 Å². The van der Waals surface area contributed by atoms with E-state index in [0.29, 0.717) is 0 Å². The van der Waals surface area contributed by atoms with Crippen LogP contribution in [0.5, 0.6) is 5.75 Å². The molecule has 0 saturated heterocycles. The quantitative estimate of drug-likeness (QED) is 0.319. The van der Waals surface area contributed by atoms with Gasteiger partial charge in [0, 0.05) is 12.3 Å². The number of hydrogen-bond acceptors (Lipinski definition) is 4. The molecule has 0 radical (unpaired) electrons. The number of fused-ring (bicyclic) bond motifs is 3. The van der Waals surface area contributed by atoms with E-state index in [1.54, 1.807) is 7.11 Å². The summed E-state index contributed by atoms with van der Waals surface area (Å²) in [5.74, 6) is -0.427. The summed E-state index contributed by atoms with van der Waals surface area (Å²) < 4.78 is 10.7. The molecular formula is C31H27NO5. The van der Waals surface area contributed by atoms with Gasteiger partial charge in [0.1, 0.15) is 18.4 Å². The van der Waals surface area contributed by atoms with Crippen LogP contribution in [0.25, 0.3) is 22.3 Å². The minimum absolute atomic E-state index is 0.0908. The predicted octanol–water partition coefficient (Wildman–Crippen LogP) is 5.90. The number of carboxylic acids is 1. The third-order valence-corrected chi connectivity index (χ3v) is 6.75. The number of carboxylic acid groups (broad SMARTS) is 1. The second kappa shape index (κ2) is 10.6. The van der Waals surface area contributed by atoms with Crippen LogP contribution in [0.3, 0.4) is 0 Å². The largest absolute Gasteiger partial charge is 0.497 e. The molecule has 2 N–H and O–H groups in total. The van der Waals surface area contributed by atoms with Crippen molar-refractivity contribution in [3.63, 3.8) is 0 Å². The van der Waals surface area contributed by atoms with Crippen molar-refractivity contribution < 1.29 is 24.2 Å². The molecule has 0 fully saturated rings. The highest BCUT2D eigenvalue weighted by molar-refractivity contribution is 5.81. The Morgan fingerprint density at radius 3 is 1.89 bits per heavy atom. The highest BCUT2D eigenvalue weighted by atomic mass is 16.5. The van der Waals surface area contributed by atoms with Gasteiger partial charge >= 0.3 is 12.1 Å². The number of ether oxygens (including phenoxy) is 2. The lowest BCUT2D eigenvalue weighted by Crippen LogP contribution is -2.42. The Morgan fingerprint density at radius 2 is 1.35 bits per heavy atom. The van der Waals surface area contributed by atoms with Gasteiger partial charge in [-0.1, -0.05) is 84.9 Å². The van der Waals surface area contributed by atoms with Crippen LogP contribution in [0.1, 0.15) is 22.6 Å². The molecule has 1 amide bonds. The maximum absolute atomic E-state index is 12.6. The number of rotatable bonds is 8. The minimum Gasteiger partial charge on any atom is -0.497 e. The average Bonchev–Trinajstić information content (AvgIpc) is 3.25. The van der Waals surface area contributed by atoms with Crippen molar-refractivity contribution in [3.8, 4) is 28.0 Å². The van der Waals surface area contributed by atoms with E-state index in [1.165, 1.54) is 0 Å². The molecule has 5 rings (SSSR count). The van der Waals surface area contributed by atoms with Gasteiger partial charge in [-0.05, 0) is 51.1 Å². The topological polar surface area (TPSA) is 84.9 Å². The number of nitrogens with one attached hydrogen (secondary N) is 1. The van der Waals surface area contributed by atoms with E-state index in [0.717, 1.165) is 44.7 Å². The van der Waals surface area contributed by atoms with E-state index in [1.807, 2.05) is 84.9 Å². The van der Waals surface area contributed by atoms with Crippen LogP contribution in [-0.2, 0) is 16.0 Å². The van der Waals surface area contributed by atoms with Crippen molar-refractivity contribution in [2.45, 2.75) is 18.4 Å². The standard InChI is InChI=1S/C31H27NO5/c1-36-23-16-14-22(15-17-23)21-12-10-20(11-13-21)18-29(30(33)34)32-31(35)37-19-28-26-8-4-2-6-24(26)25-7-3-5-9-27(25)28/h2-17,28-29H,18-19H2,1H3,(H,32,35)(H,33,34)/t29-/m0/s1. The van der Waals surface area contributed by atoms with Crippen LogP contribution < -0.4 is 10.1 Å². The Hall–Kier alpha value is -4.58. The zero-order chi connectivity index (χ0) is 25.8. The first kappa shape index (κ1) is 24.1. The monoisotopic (exact) mass is 493 g/mol. The highest BCUT2D eigenvalue weighted by Gasteiger charge is 2.29. The first-order valence-corrected chi connectivity index (χ1v) is 12.1. The Kier molecular flexibility index (Phi) is 6.90. The number of hydrogen-bond donors (Lipinski definition) is 2. The van der Waals surface area contributed by atoms with Gasteiger partial charge in [-0.15, -0.1) is 0 Å². The maximum Gasteiger partial charge on any atom is 0.407 e. The van der Waals surface area contributed by atoms with E-state index in [-0.39, 0.29) is 18.9 Å². The molecule has 0 bridgehead atoms. The number of benzene rings is 4. The van der Waals surface area contributed by atoms with Crippen LogP contribution in [0.15, 0.2) is 97.1 Å². The molecule has 1 atom stereocenters. The number of carbonyl (C=O) groups excluding carboxylic acids is 1. The molecule has 0 saturated carbocycles. The molecule has 186 valence electrons. The molecule has 37 heavy (non-hydrogen) atoms. The number of alkyl carbamates (subject to hydrolysis) is 1. The smallest absolute Gasteiger partial charge is 0.407 e. The molecule has 1 aliphatic rings. The van der Waals surface area contributed by atoms with Gasteiger partial charge in [0.25, 0.3) is 0 Å². The summed E-state index contributed by atoms with van der Waals surface area (Å²) in [4.78, 5) is 24.5. The van der Waals surface area contributed by atoms with E-state index in [2.05, 4.69) is 17.4 Å². The Morgan fingerprint density at radius 1 is 0.811 bits per heavy atom. The molecule has 0 unspecified atom stereocenters. The lowest BCUT2D eigenvalue weighted by atomic mass is 9.98. The molecule has 6 heteroatoms. The van der Waals surface area contributed by atoms with Gasteiger partial charge in [0.15, 0.2) is 0 Å². The lowest BCUT2D eigenvalue weighted by molar-refractivity contribution is -0.139. The fourth-order valence-electron chi connectivity index (χ4n) is 4.83. The van der Waals surface area contributed by atoms with Crippen LogP contribution in [0.4, 0.5) is 4.79 Å². The second-order valence-electron chi connectivity index (χ2n) is 8.99. The number of amides is 1. The number of carbonyl (C=O) groups is 2. The summed E-state index contributed by atoms with van der Waals surface area (Å²) in [5.41, 5.74) is 7.29. The summed E-state index contributed by atoms with van der Waals surface area (Å²) in [7, 11) is 1.62. The Labute approximate surface area is 215 Å². The van der Waals surface area contributed by atoms with Crippen molar-refractivity contribution in [1.29, 1.82) is 0 Å². The summed E-state index contributed by atoms with van der Waals surface area (Å²) in [6.07, 6.45) is -0.605. The fraction of sp³-hybridized carbons (Fsp3) is 0.161. The minimum atomic E-state index is -1.12. The summed E-state index contributed by atoms with van der Waals surface area (Å²) >= 11 is 0. The molecule has 6 nitrogen and oxygen atoms in total.